The minimum atomic E-state index is -1.09. The molecular weight excluding hydrogens is 428 g/mol. The average molecular weight is 451 g/mol. The Hall–Kier alpha value is -3.52. The molecule has 0 bridgehead atoms. The highest BCUT2D eigenvalue weighted by Crippen LogP contribution is 2.35. The summed E-state index contributed by atoms with van der Waals surface area (Å²) in [6, 6.07) is 10.4. The van der Waals surface area contributed by atoms with E-state index in [2.05, 4.69) is 4.98 Å². The number of ether oxygens (including phenoxy) is 1. The van der Waals surface area contributed by atoms with E-state index in [0.717, 1.165) is 33.1 Å². The third kappa shape index (κ3) is 3.60. The van der Waals surface area contributed by atoms with Crippen molar-refractivity contribution >= 4 is 27.7 Å². The molecule has 5 rings (SSSR count). The van der Waals surface area contributed by atoms with Gasteiger partial charge < -0.3 is 19.7 Å². The summed E-state index contributed by atoms with van der Waals surface area (Å²) in [6.45, 7) is 2.21. The van der Waals surface area contributed by atoms with Crippen LogP contribution in [0.2, 0.25) is 0 Å². The summed E-state index contributed by atoms with van der Waals surface area (Å²) in [4.78, 5) is 22.3. The number of fused-ring (bicyclic) bond motifs is 5. The monoisotopic (exact) mass is 451 g/mol. The number of aliphatic hydroxyl groups is 1. The Labute approximate surface area is 188 Å². The number of nitrogens with zero attached hydrogens (tertiary/aromatic N) is 2. The van der Waals surface area contributed by atoms with Crippen molar-refractivity contribution in [3.05, 3.63) is 70.5 Å². The lowest BCUT2D eigenvalue weighted by Gasteiger charge is -2.30. The summed E-state index contributed by atoms with van der Waals surface area (Å²) in [7, 11) is 1.22. The van der Waals surface area contributed by atoms with Crippen LogP contribution in [0.25, 0.3) is 21.8 Å². The van der Waals surface area contributed by atoms with Gasteiger partial charge in [0.1, 0.15) is 6.10 Å². The molecular formula is C25H23F2N3O3. The van der Waals surface area contributed by atoms with Crippen LogP contribution in [-0.2, 0) is 24.2 Å². The van der Waals surface area contributed by atoms with Crippen LogP contribution in [0, 0.1) is 11.6 Å². The van der Waals surface area contributed by atoms with Gasteiger partial charge in [-0.25, -0.2) is 8.78 Å². The fourth-order valence-corrected chi connectivity index (χ4v) is 4.69. The predicted molar refractivity (Wildman–Crippen MR) is 120 cm³/mol. The zero-order valence-electron chi connectivity index (χ0n) is 18.3. The van der Waals surface area contributed by atoms with E-state index >= 15 is 0 Å². The number of benzene rings is 2. The van der Waals surface area contributed by atoms with Gasteiger partial charge in [-0.2, -0.15) is 0 Å². The van der Waals surface area contributed by atoms with Crippen molar-refractivity contribution in [1.29, 1.82) is 0 Å². The van der Waals surface area contributed by atoms with E-state index in [4.69, 9.17) is 9.72 Å². The molecule has 6 nitrogen and oxygen atoms in total. The zero-order chi connectivity index (χ0) is 23.3. The highest BCUT2D eigenvalue weighted by Gasteiger charge is 2.28. The van der Waals surface area contributed by atoms with Crippen LogP contribution in [0.15, 0.2) is 36.4 Å². The second-order valence-electron chi connectivity index (χ2n) is 8.36. The first-order valence-electron chi connectivity index (χ1n) is 10.8. The molecule has 1 aliphatic heterocycles. The summed E-state index contributed by atoms with van der Waals surface area (Å²) < 4.78 is 33.4. The van der Waals surface area contributed by atoms with Crippen molar-refractivity contribution in [1.82, 2.24) is 14.9 Å². The Kier molecular flexibility index (Phi) is 5.25. The van der Waals surface area contributed by atoms with E-state index in [0.29, 0.717) is 24.2 Å². The quantitative estimate of drug-likeness (QED) is 0.494. The van der Waals surface area contributed by atoms with Crippen molar-refractivity contribution in [3.8, 4) is 5.75 Å². The van der Waals surface area contributed by atoms with Gasteiger partial charge in [-0.1, -0.05) is 18.2 Å². The topological polar surface area (TPSA) is 78.5 Å². The van der Waals surface area contributed by atoms with Gasteiger partial charge in [0.25, 0.3) is 5.91 Å². The summed E-state index contributed by atoms with van der Waals surface area (Å²) >= 11 is 0. The molecule has 1 amide bonds. The van der Waals surface area contributed by atoms with Crippen molar-refractivity contribution in [3.63, 3.8) is 0 Å². The maximum Gasteiger partial charge on any atom is 0.251 e. The number of hydrogen-bond donors (Lipinski definition) is 2. The standard InChI is InChI=1S/C25H23F2N3O3/c1-13(31)25(32)30-8-7-16-21(12-30)28-20(11-14-9-17(26)24(33-2)18(27)10-14)23-22(16)15-5-3-4-6-19(15)29-23/h3-6,9-10,13,29,31H,7-8,11-12H2,1-2H3. The third-order valence-corrected chi connectivity index (χ3v) is 6.19. The molecule has 1 aliphatic rings. The van der Waals surface area contributed by atoms with E-state index in [1.165, 1.54) is 26.2 Å². The lowest BCUT2D eigenvalue weighted by molar-refractivity contribution is -0.140. The Morgan fingerprint density at radius 3 is 2.70 bits per heavy atom. The summed E-state index contributed by atoms with van der Waals surface area (Å²) in [6.07, 6.45) is -0.294. The summed E-state index contributed by atoms with van der Waals surface area (Å²) in [5.41, 5.74) is 4.60. The minimum absolute atomic E-state index is 0.193. The minimum Gasteiger partial charge on any atom is -0.491 e. The van der Waals surface area contributed by atoms with Crippen LogP contribution in [0.5, 0.6) is 5.75 Å². The second kappa shape index (κ2) is 8.12. The molecule has 170 valence electrons. The highest BCUT2D eigenvalue weighted by atomic mass is 19.1. The second-order valence-corrected chi connectivity index (χ2v) is 8.36. The first-order chi connectivity index (χ1) is 15.9. The zero-order valence-corrected chi connectivity index (χ0v) is 18.3. The fourth-order valence-electron chi connectivity index (χ4n) is 4.69. The average Bonchev–Trinajstić information content (AvgIpc) is 3.18. The number of amides is 1. The molecule has 0 fully saturated rings. The van der Waals surface area contributed by atoms with Gasteiger partial charge in [0.15, 0.2) is 17.4 Å². The lowest BCUT2D eigenvalue weighted by atomic mass is 9.96. The van der Waals surface area contributed by atoms with E-state index in [1.54, 1.807) is 4.90 Å². The number of para-hydroxylation sites is 1. The van der Waals surface area contributed by atoms with Gasteiger partial charge >= 0.3 is 0 Å². The van der Waals surface area contributed by atoms with Gasteiger partial charge in [-0.15, -0.1) is 0 Å². The maximum atomic E-state index is 14.3. The van der Waals surface area contributed by atoms with Gasteiger partial charge in [0.2, 0.25) is 0 Å². The molecule has 8 heteroatoms. The van der Waals surface area contributed by atoms with Crippen molar-refractivity contribution < 1.29 is 23.4 Å². The molecule has 1 atom stereocenters. The summed E-state index contributed by atoms with van der Waals surface area (Å²) in [5, 5.41) is 11.8. The lowest BCUT2D eigenvalue weighted by Crippen LogP contribution is -2.41. The SMILES string of the molecule is COc1c(F)cc(Cc2nc3c(c4c2[nH]c2ccccc24)CCN(C(=O)C(C)O)C3)cc1F. The van der Waals surface area contributed by atoms with Crippen LogP contribution in [-0.4, -0.2) is 45.6 Å². The number of aromatic amines is 1. The normalized spacial score (nSPS) is 14.5. The first-order valence-corrected chi connectivity index (χ1v) is 10.8. The third-order valence-electron chi connectivity index (χ3n) is 6.19. The number of methoxy groups -OCH3 is 1. The number of H-pyrrole nitrogens is 1. The highest BCUT2D eigenvalue weighted by molar-refractivity contribution is 6.10. The van der Waals surface area contributed by atoms with Crippen LogP contribution < -0.4 is 4.74 Å². The number of rotatable bonds is 4. The van der Waals surface area contributed by atoms with Gasteiger partial charge in [-0.05, 0) is 42.7 Å². The number of aliphatic hydroxyl groups excluding tert-OH is 1. The molecule has 0 radical (unpaired) electrons. The largest absolute Gasteiger partial charge is 0.491 e. The van der Waals surface area contributed by atoms with Crippen LogP contribution >= 0.6 is 0 Å². The van der Waals surface area contributed by atoms with E-state index < -0.39 is 23.5 Å². The maximum absolute atomic E-state index is 14.3. The molecule has 0 aliphatic carbocycles. The molecule has 1 unspecified atom stereocenters. The van der Waals surface area contributed by atoms with Gasteiger partial charge in [0, 0.05) is 29.3 Å². The van der Waals surface area contributed by atoms with E-state index in [1.807, 2.05) is 24.3 Å². The first kappa shape index (κ1) is 21.3. The molecule has 4 aromatic rings. The Bertz CT molecular complexity index is 1370. The number of hydrogen-bond acceptors (Lipinski definition) is 4. The number of carbonyl (C=O) groups is 1. The number of aromatic nitrogens is 2. The molecule has 2 aromatic heterocycles. The van der Waals surface area contributed by atoms with Crippen molar-refractivity contribution in [2.45, 2.75) is 32.4 Å². The number of pyridine rings is 1. The molecule has 0 saturated heterocycles. The smallest absolute Gasteiger partial charge is 0.251 e. The van der Waals surface area contributed by atoms with E-state index in [9.17, 15) is 18.7 Å². The Morgan fingerprint density at radius 2 is 2.00 bits per heavy atom. The van der Waals surface area contributed by atoms with Gasteiger partial charge in [-0.3, -0.25) is 9.78 Å². The number of halogens is 2. The van der Waals surface area contributed by atoms with Crippen LogP contribution in [0.4, 0.5) is 8.78 Å². The van der Waals surface area contributed by atoms with Gasteiger partial charge in [0.05, 0.1) is 30.6 Å². The Balaban J connectivity index is 1.67. The van der Waals surface area contributed by atoms with Crippen LogP contribution in [0.1, 0.15) is 29.4 Å². The molecule has 33 heavy (non-hydrogen) atoms. The summed E-state index contributed by atoms with van der Waals surface area (Å²) in [5.74, 6) is -2.30. The molecule has 0 spiro atoms. The number of nitrogens with one attached hydrogen (secondary N) is 1. The number of carbonyl (C=O) groups excluding carboxylic acids is 1. The molecule has 2 N–H and O–H groups in total. The van der Waals surface area contributed by atoms with Crippen molar-refractivity contribution in [2.24, 2.45) is 0 Å². The molecule has 2 aromatic carbocycles. The molecule has 3 heterocycles. The van der Waals surface area contributed by atoms with E-state index in [-0.39, 0.29) is 18.9 Å². The Morgan fingerprint density at radius 1 is 1.27 bits per heavy atom. The molecule has 0 saturated carbocycles. The van der Waals surface area contributed by atoms with Crippen molar-refractivity contribution in [2.75, 3.05) is 13.7 Å². The fraction of sp³-hybridized carbons (Fsp3) is 0.280. The predicted octanol–water partition coefficient (Wildman–Crippen LogP) is 3.86. The van der Waals surface area contributed by atoms with Crippen LogP contribution in [0.3, 0.4) is 0 Å².